The summed E-state index contributed by atoms with van der Waals surface area (Å²) in [4.78, 5) is 16.2. The second kappa shape index (κ2) is 10.7. The molecule has 0 radical (unpaired) electrons. The van der Waals surface area contributed by atoms with Crippen LogP contribution in [0.2, 0.25) is 0 Å². The second-order valence-electron chi connectivity index (χ2n) is 7.19. The summed E-state index contributed by atoms with van der Waals surface area (Å²) in [5, 5.41) is 2.99. The average molecular weight is 415 g/mol. The normalized spacial score (nSPS) is 14.3. The second-order valence-corrected chi connectivity index (χ2v) is 7.19. The summed E-state index contributed by atoms with van der Waals surface area (Å²) < 4.78 is 16.4. The van der Waals surface area contributed by atoms with E-state index in [1.807, 2.05) is 44.2 Å². The molecule has 1 aliphatic rings. The minimum atomic E-state index is 0.00880. The number of nitrogens with one attached hydrogen (secondary N) is 2. The van der Waals surface area contributed by atoms with Gasteiger partial charge in [0.2, 0.25) is 0 Å². The van der Waals surface area contributed by atoms with E-state index in [0.717, 1.165) is 37.6 Å². The van der Waals surface area contributed by atoms with Crippen molar-refractivity contribution in [3.8, 4) is 17.2 Å². The van der Waals surface area contributed by atoms with Crippen LogP contribution in [0.3, 0.4) is 0 Å². The highest BCUT2D eigenvalue weighted by atomic mass is 16.5. The van der Waals surface area contributed by atoms with E-state index >= 15 is 0 Å². The van der Waals surface area contributed by atoms with Gasteiger partial charge in [-0.15, -0.1) is 0 Å². The van der Waals surface area contributed by atoms with Crippen LogP contribution < -0.4 is 29.3 Å². The Labute approximate surface area is 178 Å². The first kappa shape index (κ1) is 21.8. The van der Waals surface area contributed by atoms with Gasteiger partial charge in [-0.05, 0) is 50.2 Å². The lowest BCUT2D eigenvalue weighted by Gasteiger charge is -2.33. The van der Waals surface area contributed by atoms with Crippen LogP contribution in [-0.2, 0) is 4.79 Å². The Hall–Kier alpha value is -2.93. The fourth-order valence-corrected chi connectivity index (χ4v) is 3.61. The van der Waals surface area contributed by atoms with Crippen molar-refractivity contribution in [1.29, 1.82) is 0 Å². The summed E-state index contributed by atoms with van der Waals surface area (Å²) in [6.07, 6.45) is 0. The maximum Gasteiger partial charge on any atom is 0.279 e. The lowest BCUT2D eigenvalue weighted by atomic mass is 10.2. The van der Waals surface area contributed by atoms with E-state index in [0.29, 0.717) is 31.3 Å². The number of hydrogen-bond acceptors (Lipinski definition) is 5. The highest BCUT2D eigenvalue weighted by Gasteiger charge is 2.22. The van der Waals surface area contributed by atoms with Crippen molar-refractivity contribution in [1.82, 2.24) is 0 Å². The lowest BCUT2D eigenvalue weighted by molar-refractivity contribution is -0.892. The Morgan fingerprint density at radius 1 is 1.00 bits per heavy atom. The van der Waals surface area contributed by atoms with Gasteiger partial charge < -0.3 is 29.3 Å². The van der Waals surface area contributed by atoms with E-state index in [9.17, 15) is 4.79 Å². The fourth-order valence-electron chi connectivity index (χ4n) is 3.61. The van der Waals surface area contributed by atoms with Crippen molar-refractivity contribution in [2.75, 3.05) is 63.3 Å². The molecule has 0 saturated carbocycles. The number of hydrogen-bond donors (Lipinski definition) is 2. The highest BCUT2D eigenvalue weighted by Crippen LogP contribution is 2.30. The van der Waals surface area contributed by atoms with Gasteiger partial charge in [-0.1, -0.05) is 0 Å². The van der Waals surface area contributed by atoms with E-state index in [4.69, 9.17) is 14.2 Å². The van der Waals surface area contributed by atoms with Crippen LogP contribution in [0.1, 0.15) is 13.8 Å². The number of anilines is 2. The van der Waals surface area contributed by atoms with E-state index in [1.165, 1.54) is 10.6 Å². The maximum absolute atomic E-state index is 12.6. The van der Waals surface area contributed by atoms with Crippen molar-refractivity contribution >= 4 is 17.3 Å². The third kappa shape index (κ3) is 5.79. The molecule has 1 fully saturated rings. The first-order chi connectivity index (χ1) is 14.6. The minimum Gasteiger partial charge on any atom is -0.497 e. The zero-order valence-corrected chi connectivity index (χ0v) is 18.1. The summed E-state index contributed by atoms with van der Waals surface area (Å²) in [7, 11) is 1.67. The molecule has 0 atom stereocenters. The Balaban J connectivity index is 1.50. The molecule has 2 N–H and O–H groups in total. The van der Waals surface area contributed by atoms with Crippen molar-refractivity contribution in [2.24, 2.45) is 0 Å². The molecular formula is C23H32N3O4+. The zero-order chi connectivity index (χ0) is 21.3. The van der Waals surface area contributed by atoms with Gasteiger partial charge in [-0.2, -0.15) is 0 Å². The monoisotopic (exact) mass is 414 g/mol. The molecule has 7 nitrogen and oxygen atoms in total. The van der Waals surface area contributed by atoms with Gasteiger partial charge in [0.25, 0.3) is 5.91 Å². The Kier molecular flexibility index (Phi) is 7.79. The number of piperazine rings is 1. The molecule has 3 rings (SSSR count). The minimum absolute atomic E-state index is 0.00880. The smallest absolute Gasteiger partial charge is 0.279 e. The van der Waals surface area contributed by atoms with Crippen molar-refractivity contribution in [2.45, 2.75) is 13.8 Å². The molecule has 0 unspecified atom stereocenters. The molecule has 0 spiro atoms. The summed E-state index contributed by atoms with van der Waals surface area (Å²) in [6.45, 7) is 9.11. The molecule has 2 aromatic rings. The van der Waals surface area contributed by atoms with Crippen molar-refractivity contribution < 1.29 is 23.9 Å². The van der Waals surface area contributed by atoms with Crippen molar-refractivity contribution in [3.63, 3.8) is 0 Å². The van der Waals surface area contributed by atoms with Crippen LogP contribution in [0.15, 0.2) is 42.5 Å². The first-order valence-electron chi connectivity index (χ1n) is 10.5. The van der Waals surface area contributed by atoms with Crippen LogP contribution >= 0.6 is 0 Å². The molecule has 1 heterocycles. The third-order valence-electron chi connectivity index (χ3n) is 5.15. The number of carbonyl (C=O) groups is 1. The van der Waals surface area contributed by atoms with E-state index < -0.39 is 0 Å². The lowest BCUT2D eigenvalue weighted by Crippen LogP contribution is -3.15. The van der Waals surface area contributed by atoms with Crippen LogP contribution in [0.4, 0.5) is 11.4 Å². The summed E-state index contributed by atoms with van der Waals surface area (Å²) in [5.41, 5.74) is 1.92. The number of methoxy groups -OCH3 is 1. The molecule has 2 aromatic carbocycles. The molecule has 30 heavy (non-hydrogen) atoms. The van der Waals surface area contributed by atoms with Crippen LogP contribution in [0.5, 0.6) is 17.2 Å². The molecule has 162 valence electrons. The number of ether oxygens (including phenoxy) is 3. The zero-order valence-electron chi connectivity index (χ0n) is 18.1. The quantitative estimate of drug-likeness (QED) is 0.656. The van der Waals surface area contributed by atoms with Gasteiger partial charge >= 0.3 is 0 Å². The Morgan fingerprint density at radius 2 is 1.67 bits per heavy atom. The van der Waals surface area contributed by atoms with Crippen LogP contribution in [-0.4, -0.2) is 59.0 Å². The van der Waals surface area contributed by atoms with Gasteiger partial charge in [0, 0.05) is 17.4 Å². The third-order valence-corrected chi connectivity index (χ3v) is 5.15. The van der Waals surface area contributed by atoms with Gasteiger partial charge in [0.05, 0.1) is 46.5 Å². The standard InChI is InChI=1S/C23H31N3O4/c1-4-29-21-11-6-18(16-22(21)30-5-2)24-23(27)17-25-12-14-26(15-13-25)19-7-9-20(28-3)10-8-19/h6-11,16H,4-5,12-15,17H2,1-3H3,(H,24,27)/p+1. The van der Waals surface area contributed by atoms with Crippen molar-refractivity contribution in [3.05, 3.63) is 42.5 Å². The molecule has 1 amide bonds. The molecular weight excluding hydrogens is 382 g/mol. The predicted octanol–water partition coefficient (Wildman–Crippen LogP) is 1.84. The molecule has 0 aromatic heterocycles. The number of amides is 1. The van der Waals surface area contributed by atoms with Crippen LogP contribution in [0.25, 0.3) is 0 Å². The number of carbonyl (C=O) groups excluding carboxylic acids is 1. The van der Waals surface area contributed by atoms with Gasteiger partial charge in [-0.3, -0.25) is 4.79 Å². The summed E-state index contributed by atoms with van der Waals surface area (Å²) in [5.74, 6) is 2.21. The van der Waals surface area contributed by atoms with Crippen LogP contribution in [0, 0.1) is 0 Å². The number of benzene rings is 2. The van der Waals surface area contributed by atoms with Gasteiger partial charge in [0.1, 0.15) is 5.75 Å². The van der Waals surface area contributed by atoms with Gasteiger partial charge in [0.15, 0.2) is 18.0 Å². The predicted molar refractivity (Wildman–Crippen MR) is 118 cm³/mol. The van der Waals surface area contributed by atoms with E-state index in [1.54, 1.807) is 7.11 Å². The fraction of sp³-hybridized carbons (Fsp3) is 0.435. The van der Waals surface area contributed by atoms with Gasteiger partial charge in [-0.25, -0.2) is 0 Å². The number of quaternary nitrogens is 1. The maximum atomic E-state index is 12.6. The first-order valence-corrected chi connectivity index (χ1v) is 10.5. The number of rotatable bonds is 9. The van der Waals surface area contributed by atoms with E-state index in [-0.39, 0.29) is 5.91 Å². The molecule has 7 heteroatoms. The Morgan fingerprint density at radius 3 is 2.30 bits per heavy atom. The molecule has 0 aliphatic carbocycles. The Bertz CT molecular complexity index is 818. The molecule has 0 bridgehead atoms. The summed E-state index contributed by atoms with van der Waals surface area (Å²) in [6, 6.07) is 13.6. The summed E-state index contributed by atoms with van der Waals surface area (Å²) >= 11 is 0. The largest absolute Gasteiger partial charge is 0.497 e. The molecule has 1 aliphatic heterocycles. The number of nitrogens with zero attached hydrogens (tertiary/aromatic N) is 1. The molecule has 1 saturated heterocycles. The average Bonchev–Trinajstić information content (AvgIpc) is 2.76. The topological polar surface area (TPSA) is 64.5 Å². The van der Waals surface area contributed by atoms with E-state index in [2.05, 4.69) is 22.3 Å². The highest BCUT2D eigenvalue weighted by molar-refractivity contribution is 5.91. The SMILES string of the molecule is CCOc1ccc(NC(=O)C[NH+]2CCN(c3ccc(OC)cc3)CC2)cc1OCC.